The minimum atomic E-state index is -4.83. The monoisotopic (exact) mass is 532 g/mol. The van der Waals surface area contributed by atoms with Crippen molar-refractivity contribution >= 4 is 23.5 Å². The number of halogens is 3. The van der Waals surface area contributed by atoms with Gasteiger partial charge in [-0.05, 0) is 55.2 Å². The second-order valence-corrected chi connectivity index (χ2v) is 10.1. The summed E-state index contributed by atoms with van der Waals surface area (Å²) in [5.41, 5.74) is 1.70. The smallest absolute Gasteiger partial charge is 0.481 e. The van der Waals surface area contributed by atoms with E-state index in [0.29, 0.717) is 18.7 Å². The van der Waals surface area contributed by atoms with Gasteiger partial charge in [0.25, 0.3) is 5.91 Å². The van der Waals surface area contributed by atoms with Crippen LogP contribution in [0, 0.1) is 11.8 Å². The lowest BCUT2D eigenvalue weighted by atomic mass is 9.81. The standard InChI is InChI=1S/C28H31F3N2O5/c1-17(2)26(36)32(16-6-11-24(34)35)25-20-7-3-4-9-22(20)33(23-10-5-8-21(23)25)27(37)18-12-14-19(15-13-18)38-28(29,30)31/h3-4,7,9,12-15,17,21,23,25H,5-6,8,10-11,16H2,1-2H3,(H,34,35). The maximum Gasteiger partial charge on any atom is 0.573 e. The number of aliphatic carboxylic acids is 1. The molecule has 204 valence electrons. The number of benzene rings is 2. The Morgan fingerprint density at radius 1 is 1.08 bits per heavy atom. The van der Waals surface area contributed by atoms with Crippen LogP contribution >= 0.6 is 0 Å². The van der Waals surface area contributed by atoms with E-state index in [1.807, 2.05) is 38.1 Å². The van der Waals surface area contributed by atoms with E-state index in [1.54, 1.807) is 9.80 Å². The molecule has 0 spiro atoms. The lowest BCUT2D eigenvalue weighted by Gasteiger charge is -2.48. The topological polar surface area (TPSA) is 87.2 Å². The van der Waals surface area contributed by atoms with Crippen LogP contribution in [0.15, 0.2) is 48.5 Å². The van der Waals surface area contributed by atoms with Gasteiger partial charge in [0.15, 0.2) is 0 Å². The number of alkyl halides is 3. The number of anilines is 1. The average Bonchev–Trinajstić information content (AvgIpc) is 3.33. The number of fused-ring (bicyclic) bond motifs is 2. The molecule has 2 aromatic rings. The fourth-order valence-electron chi connectivity index (χ4n) is 5.74. The second kappa shape index (κ2) is 11.0. The normalized spacial score (nSPS) is 20.6. The third-order valence-electron chi connectivity index (χ3n) is 7.24. The quantitative estimate of drug-likeness (QED) is 0.464. The summed E-state index contributed by atoms with van der Waals surface area (Å²) in [5, 5.41) is 9.16. The number of para-hydroxylation sites is 1. The molecule has 4 rings (SSSR count). The first-order chi connectivity index (χ1) is 18.0. The van der Waals surface area contributed by atoms with Gasteiger partial charge in [0.1, 0.15) is 5.75 Å². The van der Waals surface area contributed by atoms with Crippen molar-refractivity contribution < 1.29 is 37.4 Å². The molecule has 7 nitrogen and oxygen atoms in total. The molecule has 1 fully saturated rings. The van der Waals surface area contributed by atoms with Crippen molar-refractivity contribution in [3.8, 4) is 5.75 Å². The summed E-state index contributed by atoms with van der Waals surface area (Å²) in [6.45, 7) is 3.92. The Morgan fingerprint density at radius 3 is 2.39 bits per heavy atom. The molecule has 2 amide bonds. The predicted molar refractivity (Wildman–Crippen MR) is 134 cm³/mol. The first-order valence-corrected chi connectivity index (χ1v) is 12.8. The molecule has 3 unspecified atom stereocenters. The Hall–Kier alpha value is -3.56. The van der Waals surface area contributed by atoms with Crippen molar-refractivity contribution in [2.45, 2.75) is 64.4 Å². The number of nitrogens with zero attached hydrogens (tertiary/aromatic N) is 2. The van der Waals surface area contributed by atoms with Gasteiger partial charge < -0.3 is 19.6 Å². The lowest BCUT2D eigenvalue weighted by molar-refractivity contribution is -0.274. The zero-order valence-electron chi connectivity index (χ0n) is 21.3. The fraction of sp³-hybridized carbons (Fsp3) is 0.464. The molecule has 1 heterocycles. The van der Waals surface area contributed by atoms with E-state index >= 15 is 0 Å². The van der Waals surface area contributed by atoms with E-state index in [4.69, 9.17) is 5.11 Å². The number of amides is 2. The summed E-state index contributed by atoms with van der Waals surface area (Å²) >= 11 is 0. The molecular weight excluding hydrogens is 501 g/mol. The van der Waals surface area contributed by atoms with Crippen LogP contribution in [0.25, 0.3) is 0 Å². The Morgan fingerprint density at radius 2 is 1.76 bits per heavy atom. The molecule has 0 bridgehead atoms. The molecule has 2 aromatic carbocycles. The number of carboxylic acids is 1. The van der Waals surface area contributed by atoms with Crippen LogP contribution in [0.3, 0.4) is 0 Å². The van der Waals surface area contributed by atoms with Crippen LogP contribution in [-0.2, 0) is 9.59 Å². The summed E-state index contributed by atoms with van der Waals surface area (Å²) in [7, 11) is 0. The molecule has 2 aliphatic rings. The van der Waals surface area contributed by atoms with Gasteiger partial charge in [-0.15, -0.1) is 13.2 Å². The molecular formula is C28H31F3N2O5. The van der Waals surface area contributed by atoms with Crippen molar-refractivity contribution in [1.29, 1.82) is 0 Å². The molecule has 0 aromatic heterocycles. The fourth-order valence-corrected chi connectivity index (χ4v) is 5.74. The van der Waals surface area contributed by atoms with E-state index in [2.05, 4.69) is 4.74 Å². The van der Waals surface area contributed by atoms with E-state index in [1.165, 1.54) is 12.1 Å². The molecule has 3 atom stereocenters. The van der Waals surface area contributed by atoms with Gasteiger partial charge in [-0.1, -0.05) is 38.5 Å². The predicted octanol–water partition coefficient (Wildman–Crippen LogP) is 5.80. The highest BCUT2D eigenvalue weighted by Gasteiger charge is 2.48. The molecule has 1 aliphatic heterocycles. The van der Waals surface area contributed by atoms with Crippen molar-refractivity contribution in [1.82, 2.24) is 4.90 Å². The highest BCUT2D eigenvalue weighted by Crippen LogP contribution is 2.51. The minimum absolute atomic E-state index is 0.0526. The Labute approximate surface area is 219 Å². The van der Waals surface area contributed by atoms with E-state index < -0.39 is 18.1 Å². The van der Waals surface area contributed by atoms with Crippen molar-refractivity contribution in [2.75, 3.05) is 11.4 Å². The number of carbonyl (C=O) groups is 3. The number of hydrogen-bond donors (Lipinski definition) is 1. The molecule has 1 saturated carbocycles. The van der Waals surface area contributed by atoms with Gasteiger partial charge in [0.2, 0.25) is 5.91 Å². The Bertz CT molecular complexity index is 1180. The van der Waals surface area contributed by atoms with E-state index in [9.17, 15) is 27.6 Å². The summed E-state index contributed by atoms with van der Waals surface area (Å²) in [6.07, 6.45) is -2.21. The van der Waals surface area contributed by atoms with Crippen LogP contribution in [-0.4, -0.2) is 46.7 Å². The number of carbonyl (C=O) groups excluding carboxylic acids is 2. The molecule has 0 saturated heterocycles. The summed E-state index contributed by atoms with van der Waals surface area (Å²) < 4.78 is 41.7. The van der Waals surface area contributed by atoms with Crippen molar-refractivity contribution in [2.24, 2.45) is 11.8 Å². The lowest BCUT2D eigenvalue weighted by Crippen LogP contribution is -2.53. The third-order valence-corrected chi connectivity index (χ3v) is 7.24. The number of rotatable bonds is 8. The molecule has 10 heteroatoms. The maximum atomic E-state index is 13.8. The molecule has 38 heavy (non-hydrogen) atoms. The third kappa shape index (κ3) is 5.79. The second-order valence-electron chi connectivity index (χ2n) is 10.1. The molecule has 1 N–H and O–H groups in total. The van der Waals surface area contributed by atoms with Gasteiger partial charge in [0, 0.05) is 42.1 Å². The summed E-state index contributed by atoms with van der Waals surface area (Å²) in [4.78, 5) is 41.9. The van der Waals surface area contributed by atoms with E-state index in [-0.39, 0.29) is 47.7 Å². The Balaban J connectivity index is 1.71. The summed E-state index contributed by atoms with van der Waals surface area (Å²) in [6, 6.07) is 11.7. The first kappa shape index (κ1) is 27.5. The zero-order chi connectivity index (χ0) is 27.6. The van der Waals surface area contributed by atoms with Crippen LogP contribution in [0.1, 0.15) is 67.9 Å². The van der Waals surface area contributed by atoms with Crippen LogP contribution < -0.4 is 9.64 Å². The van der Waals surface area contributed by atoms with Gasteiger partial charge >= 0.3 is 12.3 Å². The van der Waals surface area contributed by atoms with Crippen LogP contribution in [0.2, 0.25) is 0 Å². The number of ether oxygens (including phenoxy) is 1. The van der Waals surface area contributed by atoms with Gasteiger partial charge in [0.05, 0.1) is 6.04 Å². The van der Waals surface area contributed by atoms with E-state index in [0.717, 1.165) is 37.0 Å². The average molecular weight is 533 g/mol. The van der Waals surface area contributed by atoms with Crippen molar-refractivity contribution in [3.05, 3.63) is 59.7 Å². The van der Waals surface area contributed by atoms with Crippen molar-refractivity contribution in [3.63, 3.8) is 0 Å². The Kier molecular flexibility index (Phi) is 7.99. The van der Waals surface area contributed by atoms with Crippen LogP contribution in [0.4, 0.5) is 18.9 Å². The molecule has 0 radical (unpaired) electrons. The highest BCUT2D eigenvalue weighted by atomic mass is 19.4. The zero-order valence-corrected chi connectivity index (χ0v) is 21.3. The first-order valence-electron chi connectivity index (χ1n) is 12.8. The number of hydrogen-bond acceptors (Lipinski definition) is 4. The van der Waals surface area contributed by atoms with Crippen LogP contribution in [0.5, 0.6) is 5.75 Å². The van der Waals surface area contributed by atoms with Gasteiger partial charge in [-0.2, -0.15) is 0 Å². The minimum Gasteiger partial charge on any atom is -0.481 e. The molecule has 1 aliphatic carbocycles. The SMILES string of the molecule is CC(C)C(=O)N(CCCC(=O)O)C1c2ccccc2N(C(=O)c2ccc(OC(F)(F)F)cc2)C2CCCC12. The highest BCUT2D eigenvalue weighted by molar-refractivity contribution is 6.07. The maximum absolute atomic E-state index is 13.8. The largest absolute Gasteiger partial charge is 0.573 e. The summed E-state index contributed by atoms with van der Waals surface area (Å²) in [5.74, 6) is -2.08. The number of carboxylic acid groups (broad SMARTS) is 1. The van der Waals surface area contributed by atoms with Gasteiger partial charge in [-0.25, -0.2) is 0 Å². The van der Waals surface area contributed by atoms with Gasteiger partial charge in [-0.3, -0.25) is 14.4 Å².